The Morgan fingerprint density at radius 3 is 1.47 bits per heavy atom. The van der Waals surface area contributed by atoms with Crippen LogP contribution in [0.1, 0.15) is 22.3 Å². The molecule has 4 heteroatoms. The van der Waals surface area contributed by atoms with E-state index in [0.29, 0.717) is 17.5 Å². The van der Waals surface area contributed by atoms with Crippen LogP contribution in [0, 0.1) is 0 Å². The zero-order valence-corrected chi connectivity index (χ0v) is 26.5. The van der Waals surface area contributed by atoms with Gasteiger partial charge in [-0.3, -0.25) is 4.98 Å². The van der Waals surface area contributed by atoms with E-state index >= 15 is 0 Å². The average Bonchev–Trinajstić information content (AvgIpc) is 3.66. The highest BCUT2D eigenvalue weighted by Gasteiger charge is 2.51. The predicted molar refractivity (Wildman–Crippen MR) is 196 cm³/mol. The van der Waals surface area contributed by atoms with Crippen molar-refractivity contribution in [2.45, 2.75) is 5.41 Å². The second kappa shape index (κ2) is 10.8. The molecule has 0 N–H and O–H groups in total. The van der Waals surface area contributed by atoms with Crippen LogP contribution in [0.15, 0.2) is 170 Å². The number of pyridine rings is 1. The summed E-state index contributed by atoms with van der Waals surface area (Å²) in [6, 6.07) is 55.7. The van der Waals surface area contributed by atoms with Crippen molar-refractivity contribution in [2.75, 3.05) is 0 Å². The van der Waals surface area contributed by atoms with E-state index in [4.69, 9.17) is 15.0 Å². The second-order valence-corrected chi connectivity index (χ2v) is 12.6. The van der Waals surface area contributed by atoms with E-state index in [1.165, 1.54) is 44.5 Å². The third-order valence-electron chi connectivity index (χ3n) is 10.0. The number of hydrogen-bond acceptors (Lipinski definition) is 4. The Kier molecular flexibility index (Phi) is 6.06. The third kappa shape index (κ3) is 4.11. The van der Waals surface area contributed by atoms with Gasteiger partial charge in [-0.25, -0.2) is 15.0 Å². The Morgan fingerprint density at radius 2 is 0.816 bits per heavy atom. The molecule has 2 aliphatic carbocycles. The van der Waals surface area contributed by atoms with Crippen LogP contribution in [0.3, 0.4) is 0 Å². The Morgan fingerprint density at radius 1 is 0.327 bits per heavy atom. The van der Waals surface area contributed by atoms with Crippen LogP contribution in [0.5, 0.6) is 0 Å². The molecule has 0 saturated heterocycles. The molecule has 8 aromatic rings. The molecule has 1 spiro atoms. The minimum absolute atomic E-state index is 0.419. The summed E-state index contributed by atoms with van der Waals surface area (Å²) in [4.78, 5) is 19.5. The summed E-state index contributed by atoms with van der Waals surface area (Å²) in [5, 5.41) is 0. The van der Waals surface area contributed by atoms with Crippen molar-refractivity contribution in [3.05, 3.63) is 192 Å². The van der Waals surface area contributed by atoms with Crippen molar-refractivity contribution in [2.24, 2.45) is 0 Å². The first-order valence-electron chi connectivity index (χ1n) is 16.6. The van der Waals surface area contributed by atoms with E-state index in [9.17, 15) is 0 Å². The zero-order chi connectivity index (χ0) is 32.4. The van der Waals surface area contributed by atoms with Gasteiger partial charge in [0.2, 0.25) is 0 Å². The molecule has 0 aliphatic heterocycles. The Bertz CT molecular complexity index is 2440. The highest BCUT2D eigenvalue weighted by Crippen LogP contribution is 2.62. The molecule has 10 rings (SSSR count). The summed E-state index contributed by atoms with van der Waals surface area (Å²) in [7, 11) is 0. The normalized spacial score (nSPS) is 13.1. The van der Waals surface area contributed by atoms with E-state index in [-0.39, 0.29) is 0 Å². The first-order valence-corrected chi connectivity index (χ1v) is 16.6. The lowest BCUT2D eigenvalue weighted by Crippen LogP contribution is -2.25. The first-order chi connectivity index (χ1) is 24.3. The average molecular weight is 625 g/mol. The van der Waals surface area contributed by atoms with Crippen molar-refractivity contribution < 1.29 is 0 Å². The van der Waals surface area contributed by atoms with Crippen LogP contribution in [0.25, 0.3) is 67.5 Å². The van der Waals surface area contributed by atoms with Gasteiger partial charge in [0.25, 0.3) is 0 Å². The van der Waals surface area contributed by atoms with Gasteiger partial charge in [0.15, 0.2) is 17.5 Å². The molecule has 0 saturated carbocycles. The van der Waals surface area contributed by atoms with E-state index in [1.807, 2.05) is 73.1 Å². The van der Waals surface area contributed by atoms with Crippen molar-refractivity contribution in [3.8, 4) is 67.5 Å². The van der Waals surface area contributed by atoms with Crippen molar-refractivity contribution in [1.29, 1.82) is 0 Å². The highest BCUT2D eigenvalue weighted by atomic mass is 15.0. The number of hydrogen-bond donors (Lipinski definition) is 0. The lowest BCUT2D eigenvalue weighted by Gasteiger charge is -2.30. The van der Waals surface area contributed by atoms with E-state index in [1.54, 1.807) is 0 Å². The van der Waals surface area contributed by atoms with Gasteiger partial charge in [-0.1, -0.05) is 140 Å². The molecule has 2 aliphatic rings. The topological polar surface area (TPSA) is 51.6 Å². The molecule has 0 radical (unpaired) electrons. The second-order valence-electron chi connectivity index (χ2n) is 12.6. The zero-order valence-electron chi connectivity index (χ0n) is 26.5. The fraction of sp³-hybridized carbons (Fsp3) is 0.0222. The minimum atomic E-state index is -0.419. The molecular weight excluding hydrogens is 597 g/mol. The van der Waals surface area contributed by atoms with Crippen LogP contribution in [0.4, 0.5) is 0 Å². The Balaban J connectivity index is 1.15. The maximum atomic E-state index is 5.00. The van der Waals surface area contributed by atoms with Gasteiger partial charge >= 0.3 is 0 Å². The quantitative estimate of drug-likeness (QED) is 0.196. The van der Waals surface area contributed by atoms with Crippen molar-refractivity contribution in [3.63, 3.8) is 0 Å². The van der Waals surface area contributed by atoms with Gasteiger partial charge in [-0.2, -0.15) is 0 Å². The van der Waals surface area contributed by atoms with Crippen molar-refractivity contribution >= 4 is 0 Å². The van der Waals surface area contributed by atoms with E-state index in [2.05, 4.69) is 102 Å². The summed E-state index contributed by atoms with van der Waals surface area (Å²) in [5.74, 6) is 1.95. The van der Waals surface area contributed by atoms with Gasteiger partial charge < -0.3 is 0 Å². The van der Waals surface area contributed by atoms with E-state index in [0.717, 1.165) is 27.8 Å². The third-order valence-corrected chi connectivity index (χ3v) is 10.0. The Labute approximate surface area is 284 Å². The molecule has 4 nitrogen and oxygen atoms in total. The monoisotopic (exact) mass is 624 g/mol. The molecule has 2 heterocycles. The van der Waals surface area contributed by atoms with E-state index < -0.39 is 5.41 Å². The molecule has 6 aromatic carbocycles. The summed E-state index contributed by atoms with van der Waals surface area (Å²) < 4.78 is 0. The lowest BCUT2D eigenvalue weighted by atomic mass is 9.70. The van der Waals surface area contributed by atoms with Crippen LogP contribution < -0.4 is 0 Å². The standard InChI is InChI=1S/C45H28N4/c1-3-12-29(13-4-1)42-47-43(30-14-5-2-6-15-30)49-44(48-42)33-17-11-16-31(26-33)32-22-23-36-37-28-46-25-24-40(37)45(41(36)27-32)38-20-9-7-18-34(38)35-19-8-10-21-39(35)45/h1-28H. The summed E-state index contributed by atoms with van der Waals surface area (Å²) in [5.41, 5.74) is 14.9. The van der Waals surface area contributed by atoms with Crippen molar-refractivity contribution in [1.82, 2.24) is 19.9 Å². The lowest BCUT2D eigenvalue weighted by molar-refractivity contribution is 0.792. The molecular formula is C45H28N4. The van der Waals surface area contributed by atoms with Gasteiger partial charge in [0.05, 0.1) is 5.41 Å². The fourth-order valence-electron chi connectivity index (χ4n) is 7.94. The number of aromatic nitrogens is 4. The summed E-state index contributed by atoms with van der Waals surface area (Å²) in [6.45, 7) is 0. The van der Waals surface area contributed by atoms with Gasteiger partial charge in [-0.05, 0) is 68.3 Å². The van der Waals surface area contributed by atoms with Crippen LogP contribution >= 0.6 is 0 Å². The minimum Gasteiger partial charge on any atom is -0.264 e. The maximum Gasteiger partial charge on any atom is 0.164 e. The molecule has 0 atom stereocenters. The molecule has 49 heavy (non-hydrogen) atoms. The number of fused-ring (bicyclic) bond motifs is 10. The van der Waals surface area contributed by atoms with Gasteiger partial charge in [0, 0.05) is 34.6 Å². The number of rotatable bonds is 4. The largest absolute Gasteiger partial charge is 0.264 e. The predicted octanol–water partition coefficient (Wildman–Crippen LogP) is 10.3. The number of nitrogens with zero attached hydrogens (tertiary/aromatic N) is 4. The smallest absolute Gasteiger partial charge is 0.164 e. The molecule has 0 bridgehead atoms. The SMILES string of the molecule is c1ccc(-c2nc(-c3ccccc3)nc(-c3cccc(-c4ccc5c(c4)C4(c6ccccc6-c6ccccc64)c4ccncc4-5)c3)n2)cc1. The van der Waals surface area contributed by atoms with Crippen LogP contribution in [-0.4, -0.2) is 19.9 Å². The Hall–Kier alpha value is -6.52. The molecule has 0 fully saturated rings. The molecule has 0 amide bonds. The van der Waals surface area contributed by atoms with Crippen LogP contribution in [-0.2, 0) is 5.41 Å². The summed E-state index contributed by atoms with van der Waals surface area (Å²) in [6.07, 6.45) is 3.96. The number of benzene rings is 6. The highest BCUT2D eigenvalue weighted by molar-refractivity contribution is 5.95. The maximum absolute atomic E-state index is 5.00. The van der Waals surface area contributed by atoms with Crippen LogP contribution in [0.2, 0.25) is 0 Å². The molecule has 228 valence electrons. The molecule has 2 aromatic heterocycles. The summed E-state index contributed by atoms with van der Waals surface area (Å²) >= 11 is 0. The fourth-order valence-corrected chi connectivity index (χ4v) is 7.94. The van der Waals surface area contributed by atoms with Gasteiger partial charge in [0.1, 0.15) is 0 Å². The first kappa shape index (κ1) is 27.6. The molecule has 0 unspecified atom stereocenters. The van der Waals surface area contributed by atoms with Gasteiger partial charge in [-0.15, -0.1) is 0 Å².